The van der Waals surface area contributed by atoms with E-state index in [2.05, 4.69) is 10.1 Å². The van der Waals surface area contributed by atoms with Crippen LogP contribution in [0.3, 0.4) is 0 Å². The van der Waals surface area contributed by atoms with E-state index in [9.17, 15) is 4.79 Å². The first kappa shape index (κ1) is 17.9. The number of thiazole rings is 1. The number of benzene rings is 1. The quantitative estimate of drug-likeness (QED) is 0.375. The topological polar surface area (TPSA) is 75.0 Å². The molecule has 3 aromatic rings. The summed E-state index contributed by atoms with van der Waals surface area (Å²) in [7, 11) is 2.81. The van der Waals surface area contributed by atoms with Crippen LogP contribution in [0.5, 0.6) is 5.75 Å². The number of carbonyl (C=O) groups is 1. The second-order valence-electron chi connectivity index (χ2n) is 5.54. The van der Waals surface area contributed by atoms with Gasteiger partial charge in [-0.25, -0.2) is 14.3 Å². The highest BCUT2D eigenvalue weighted by Crippen LogP contribution is 2.31. The SMILES string of the molecule is COC=C(C(=O)OC)c1sc2nc(C)nn2c1COc1ccccc1C. The number of carbonyl (C=O) groups excluding carboxylic acids is 1. The Morgan fingerprint density at radius 2 is 2.04 bits per heavy atom. The number of aromatic nitrogens is 3. The third-order valence-corrected chi connectivity index (χ3v) is 4.84. The Kier molecular flexibility index (Phi) is 5.22. The highest BCUT2D eigenvalue weighted by Gasteiger charge is 2.24. The molecule has 0 amide bonds. The summed E-state index contributed by atoms with van der Waals surface area (Å²) in [6, 6.07) is 7.74. The van der Waals surface area contributed by atoms with Gasteiger partial charge in [0.05, 0.1) is 25.4 Å². The minimum Gasteiger partial charge on any atom is -0.503 e. The number of ether oxygens (including phenoxy) is 3. The van der Waals surface area contributed by atoms with Crippen LogP contribution in [0.1, 0.15) is 22.0 Å². The monoisotopic (exact) mass is 373 g/mol. The molecule has 0 radical (unpaired) electrons. The van der Waals surface area contributed by atoms with Crippen LogP contribution in [0.25, 0.3) is 10.5 Å². The maximum atomic E-state index is 12.2. The molecule has 0 aliphatic rings. The van der Waals surface area contributed by atoms with Crippen molar-refractivity contribution in [3.8, 4) is 5.75 Å². The van der Waals surface area contributed by atoms with Crippen molar-refractivity contribution < 1.29 is 19.0 Å². The molecule has 7 nitrogen and oxygen atoms in total. The lowest BCUT2D eigenvalue weighted by Crippen LogP contribution is -2.09. The molecule has 0 aliphatic carbocycles. The van der Waals surface area contributed by atoms with Gasteiger partial charge in [0, 0.05) is 0 Å². The van der Waals surface area contributed by atoms with Gasteiger partial charge in [-0.2, -0.15) is 5.10 Å². The summed E-state index contributed by atoms with van der Waals surface area (Å²) in [6.45, 7) is 4.02. The zero-order valence-electron chi connectivity index (χ0n) is 15.0. The van der Waals surface area contributed by atoms with Crippen molar-refractivity contribution >= 4 is 27.8 Å². The molecular weight excluding hydrogens is 354 g/mol. The molecule has 0 saturated heterocycles. The summed E-state index contributed by atoms with van der Waals surface area (Å²) in [4.78, 5) is 17.9. The van der Waals surface area contributed by atoms with E-state index in [-0.39, 0.29) is 6.61 Å². The van der Waals surface area contributed by atoms with Crippen molar-refractivity contribution in [1.29, 1.82) is 0 Å². The van der Waals surface area contributed by atoms with Gasteiger partial charge in [0.1, 0.15) is 29.4 Å². The van der Waals surface area contributed by atoms with Gasteiger partial charge in [-0.05, 0) is 25.5 Å². The minimum absolute atomic E-state index is 0.223. The Labute approximate surface area is 154 Å². The molecule has 0 fully saturated rings. The van der Waals surface area contributed by atoms with Gasteiger partial charge in [0.2, 0.25) is 4.96 Å². The molecule has 2 aromatic heterocycles. The normalized spacial score (nSPS) is 11.6. The number of hydrogen-bond donors (Lipinski definition) is 0. The van der Waals surface area contributed by atoms with Gasteiger partial charge in [-0.1, -0.05) is 29.5 Å². The van der Waals surface area contributed by atoms with Gasteiger partial charge in [0.25, 0.3) is 0 Å². The van der Waals surface area contributed by atoms with Crippen LogP contribution in [0.4, 0.5) is 0 Å². The van der Waals surface area contributed by atoms with E-state index in [0.717, 1.165) is 11.3 Å². The Balaban J connectivity index is 2.05. The number of esters is 1. The number of aryl methyl sites for hydroxylation is 2. The predicted molar refractivity (Wildman–Crippen MR) is 98.1 cm³/mol. The molecule has 0 spiro atoms. The summed E-state index contributed by atoms with van der Waals surface area (Å²) in [6.07, 6.45) is 1.36. The van der Waals surface area contributed by atoms with E-state index in [1.807, 2.05) is 38.1 Å². The number of hydrogen-bond acceptors (Lipinski definition) is 7. The van der Waals surface area contributed by atoms with Crippen LogP contribution in [0.15, 0.2) is 30.5 Å². The molecule has 0 atom stereocenters. The molecule has 0 aliphatic heterocycles. The van der Waals surface area contributed by atoms with Gasteiger partial charge < -0.3 is 14.2 Å². The molecule has 136 valence electrons. The summed E-state index contributed by atoms with van der Waals surface area (Å²) >= 11 is 1.34. The Bertz CT molecular complexity index is 974. The minimum atomic E-state index is -0.495. The maximum Gasteiger partial charge on any atom is 0.342 e. The molecule has 2 heterocycles. The van der Waals surface area contributed by atoms with Gasteiger partial charge in [-0.15, -0.1) is 0 Å². The lowest BCUT2D eigenvalue weighted by atomic mass is 10.2. The first-order valence-electron chi connectivity index (χ1n) is 7.90. The third kappa shape index (κ3) is 3.41. The lowest BCUT2D eigenvalue weighted by molar-refractivity contribution is -0.133. The van der Waals surface area contributed by atoms with Crippen molar-refractivity contribution in [1.82, 2.24) is 14.6 Å². The summed E-state index contributed by atoms with van der Waals surface area (Å²) in [5.74, 6) is 0.922. The van der Waals surface area contributed by atoms with Crippen LogP contribution in [-0.4, -0.2) is 34.8 Å². The van der Waals surface area contributed by atoms with E-state index in [1.165, 1.54) is 31.8 Å². The van der Waals surface area contributed by atoms with Crippen LogP contribution in [0.2, 0.25) is 0 Å². The fraction of sp³-hybridized carbons (Fsp3) is 0.278. The molecule has 8 heteroatoms. The second kappa shape index (κ2) is 7.57. The van der Waals surface area contributed by atoms with Crippen LogP contribution >= 0.6 is 11.3 Å². The molecule has 26 heavy (non-hydrogen) atoms. The first-order chi connectivity index (χ1) is 12.5. The van der Waals surface area contributed by atoms with E-state index in [1.54, 1.807) is 4.52 Å². The maximum absolute atomic E-state index is 12.2. The number of nitrogens with zero attached hydrogens (tertiary/aromatic N) is 3. The average molecular weight is 373 g/mol. The standard InChI is InChI=1S/C18H19N3O4S/c1-11-7-5-6-8-15(11)25-10-14-16(13(9-23-3)17(22)24-4)26-18-19-12(2)20-21(14)18/h5-9H,10H2,1-4H3. The summed E-state index contributed by atoms with van der Waals surface area (Å²) < 4.78 is 17.6. The largest absolute Gasteiger partial charge is 0.503 e. The smallest absolute Gasteiger partial charge is 0.342 e. The van der Waals surface area contributed by atoms with Crippen molar-refractivity contribution in [2.24, 2.45) is 0 Å². The molecule has 0 N–H and O–H groups in total. The van der Waals surface area contributed by atoms with Gasteiger partial charge in [-0.3, -0.25) is 0 Å². The highest BCUT2D eigenvalue weighted by molar-refractivity contribution is 7.18. The fourth-order valence-electron chi connectivity index (χ4n) is 2.51. The molecule has 0 bridgehead atoms. The Morgan fingerprint density at radius 1 is 1.27 bits per heavy atom. The number of para-hydroxylation sites is 1. The van der Waals surface area contributed by atoms with Crippen molar-refractivity contribution in [2.75, 3.05) is 14.2 Å². The van der Waals surface area contributed by atoms with Crippen molar-refractivity contribution in [3.05, 3.63) is 52.5 Å². The number of rotatable bonds is 6. The predicted octanol–water partition coefficient (Wildman–Crippen LogP) is 3.15. The van der Waals surface area contributed by atoms with E-state index < -0.39 is 5.97 Å². The first-order valence-corrected chi connectivity index (χ1v) is 8.72. The highest BCUT2D eigenvalue weighted by atomic mass is 32.1. The fourth-order valence-corrected chi connectivity index (χ4v) is 3.61. The van der Waals surface area contributed by atoms with E-state index in [0.29, 0.717) is 26.9 Å². The lowest BCUT2D eigenvalue weighted by Gasteiger charge is -2.10. The zero-order chi connectivity index (χ0) is 18.7. The average Bonchev–Trinajstić information content (AvgIpc) is 3.14. The van der Waals surface area contributed by atoms with E-state index in [4.69, 9.17) is 14.2 Å². The third-order valence-electron chi connectivity index (χ3n) is 3.74. The van der Waals surface area contributed by atoms with Crippen molar-refractivity contribution in [3.63, 3.8) is 0 Å². The molecule has 3 rings (SSSR count). The Morgan fingerprint density at radius 3 is 2.73 bits per heavy atom. The molecule has 0 saturated carbocycles. The summed E-state index contributed by atoms with van der Waals surface area (Å²) in [5, 5.41) is 4.41. The number of methoxy groups -OCH3 is 2. The van der Waals surface area contributed by atoms with E-state index >= 15 is 0 Å². The number of fused-ring (bicyclic) bond motifs is 1. The molecule has 1 aromatic carbocycles. The second-order valence-corrected chi connectivity index (χ2v) is 6.52. The molecular formula is C18H19N3O4S. The van der Waals surface area contributed by atoms with Crippen molar-refractivity contribution in [2.45, 2.75) is 20.5 Å². The Hall–Kier alpha value is -2.87. The zero-order valence-corrected chi connectivity index (χ0v) is 15.8. The van der Waals surface area contributed by atoms with Crippen LogP contribution < -0.4 is 4.74 Å². The van der Waals surface area contributed by atoms with Gasteiger partial charge >= 0.3 is 5.97 Å². The van der Waals surface area contributed by atoms with Crippen LogP contribution in [-0.2, 0) is 20.9 Å². The summed E-state index contributed by atoms with van der Waals surface area (Å²) in [5.41, 5.74) is 2.03. The van der Waals surface area contributed by atoms with Crippen LogP contribution in [0, 0.1) is 13.8 Å². The van der Waals surface area contributed by atoms with Gasteiger partial charge in [0.15, 0.2) is 0 Å². The molecule has 0 unspecified atom stereocenters.